The summed E-state index contributed by atoms with van der Waals surface area (Å²) in [6.07, 6.45) is 4.81. The van der Waals surface area contributed by atoms with Gasteiger partial charge in [0.2, 0.25) is 11.8 Å². The van der Waals surface area contributed by atoms with Crippen molar-refractivity contribution < 1.29 is 19.1 Å². The Bertz CT molecular complexity index is 1460. The Morgan fingerprint density at radius 1 is 1.18 bits per heavy atom. The molecule has 3 heterocycles. The molecule has 39 heavy (non-hydrogen) atoms. The van der Waals surface area contributed by atoms with Crippen LogP contribution in [0.2, 0.25) is 0 Å². The van der Waals surface area contributed by atoms with E-state index in [4.69, 9.17) is 27.9 Å². The van der Waals surface area contributed by atoms with Crippen molar-refractivity contribution in [3.8, 4) is 5.75 Å². The molecule has 10 nitrogen and oxygen atoms in total. The number of Topliss-reactive ketones (excluding diaryl/α,β-unsaturated/α-hetero) is 1. The predicted octanol–water partition coefficient (Wildman–Crippen LogP) is 3.15. The Morgan fingerprint density at radius 3 is 2.62 bits per heavy atom. The van der Waals surface area contributed by atoms with E-state index in [1.54, 1.807) is 41.6 Å². The molecule has 2 aliphatic carbocycles. The van der Waals surface area contributed by atoms with Crippen molar-refractivity contribution in [2.45, 2.75) is 56.3 Å². The molecule has 2 aromatic heterocycles. The van der Waals surface area contributed by atoms with E-state index in [9.17, 15) is 14.4 Å². The minimum atomic E-state index is -0.809. The molecule has 3 fully saturated rings. The van der Waals surface area contributed by atoms with Gasteiger partial charge in [0.25, 0.3) is 0 Å². The molecule has 1 aromatic carbocycles. The summed E-state index contributed by atoms with van der Waals surface area (Å²) >= 11 is 12.5. The molecule has 1 saturated heterocycles. The van der Waals surface area contributed by atoms with Gasteiger partial charge in [-0.2, -0.15) is 5.10 Å². The van der Waals surface area contributed by atoms with Crippen molar-refractivity contribution in [1.82, 2.24) is 30.0 Å². The molecule has 0 bridgehead atoms. The van der Waals surface area contributed by atoms with Gasteiger partial charge in [0.1, 0.15) is 35.0 Å². The van der Waals surface area contributed by atoms with Crippen LogP contribution in [-0.4, -0.2) is 65.2 Å². The summed E-state index contributed by atoms with van der Waals surface area (Å²) in [6.45, 7) is 3.86. The number of likely N-dealkylation sites (tertiary alicyclic amines) is 1. The molecule has 3 aliphatic rings. The SMILES string of the molecule is CC(=O)c1nn(CC(=O)N2[C@@H]3C[C@@H]3C[C@H]2C(=O)NC[C@H]2[C@H](C)C2(Cl)Cl)c2ccc(OCc3ncccn3)cc12. The fraction of sp³-hybridized carbons (Fsp3) is 0.481. The predicted molar refractivity (Wildman–Crippen MR) is 143 cm³/mol. The first-order valence-electron chi connectivity index (χ1n) is 13.0. The lowest BCUT2D eigenvalue weighted by Gasteiger charge is -2.27. The fourth-order valence-corrected chi connectivity index (χ4v) is 6.35. The first-order valence-corrected chi connectivity index (χ1v) is 13.8. The number of fused-ring (bicyclic) bond motifs is 2. The molecule has 0 unspecified atom stereocenters. The number of benzene rings is 1. The largest absolute Gasteiger partial charge is 0.486 e. The van der Waals surface area contributed by atoms with Gasteiger partial charge in [-0.15, -0.1) is 23.2 Å². The van der Waals surface area contributed by atoms with E-state index in [1.807, 2.05) is 6.92 Å². The third-order valence-corrected chi connectivity index (χ3v) is 9.36. The molecule has 1 N–H and O–H groups in total. The number of hydrogen-bond acceptors (Lipinski definition) is 7. The lowest BCUT2D eigenvalue weighted by Crippen LogP contribution is -2.49. The number of ether oxygens (including phenoxy) is 1. The van der Waals surface area contributed by atoms with Crippen molar-refractivity contribution >= 4 is 51.7 Å². The van der Waals surface area contributed by atoms with Crippen LogP contribution in [-0.2, 0) is 22.7 Å². The van der Waals surface area contributed by atoms with E-state index >= 15 is 0 Å². The van der Waals surface area contributed by atoms with Crippen molar-refractivity contribution in [1.29, 1.82) is 0 Å². The van der Waals surface area contributed by atoms with Crippen LogP contribution in [0.15, 0.2) is 36.7 Å². The Kier molecular flexibility index (Phi) is 6.50. The second kappa shape index (κ2) is 9.75. The average molecular weight is 571 g/mol. The number of nitrogens with zero attached hydrogens (tertiary/aromatic N) is 5. The van der Waals surface area contributed by atoms with Gasteiger partial charge in [-0.3, -0.25) is 19.1 Å². The number of carbonyl (C=O) groups excluding carboxylic acids is 3. The van der Waals surface area contributed by atoms with Gasteiger partial charge in [-0.1, -0.05) is 6.92 Å². The maximum atomic E-state index is 13.5. The lowest BCUT2D eigenvalue weighted by molar-refractivity contribution is -0.140. The zero-order chi connectivity index (χ0) is 27.5. The summed E-state index contributed by atoms with van der Waals surface area (Å²) in [5.74, 6) is 0.895. The number of ketones is 1. The Morgan fingerprint density at radius 2 is 1.92 bits per heavy atom. The number of aromatic nitrogens is 4. The average Bonchev–Trinajstić information content (AvgIpc) is 3.63. The summed E-state index contributed by atoms with van der Waals surface area (Å²) in [5.41, 5.74) is 0.885. The normalized spacial score (nSPS) is 26.3. The topological polar surface area (TPSA) is 119 Å². The van der Waals surface area contributed by atoms with E-state index in [0.29, 0.717) is 41.4 Å². The van der Waals surface area contributed by atoms with Crippen LogP contribution in [0.3, 0.4) is 0 Å². The molecule has 6 rings (SSSR count). The second-order valence-corrected chi connectivity index (χ2v) is 12.1. The smallest absolute Gasteiger partial charge is 0.245 e. The number of halogens is 2. The van der Waals surface area contributed by atoms with Gasteiger partial charge in [-0.05, 0) is 48.9 Å². The number of carbonyl (C=O) groups is 3. The molecule has 12 heteroatoms. The Balaban J connectivity index is 1.17. The lowest BCUT2D eigenvalue weighted by atomic mass is 10.1. The number of piperidine rings is 1. The molecule has 5 atom stereocenters. The molecular weight excluding hydrogens is 543 g/mol. The Hall–Kier alpha value is -3.24. The minimum absolute atomic E-state index is 0.000553. The summed E-state index contributed by atoms with van der Waals surface area (Å²) in [4.78, 5) is 49.0. The summed E-state index contributed by atoms with van der Waals surface area (Å²) < 4.78 is 6.54. The van der Waals surface area contributed by atoms with Crippen LogP contribution >= 0.6 is 23.2 Å². The van der Waals surface area contributed by atoms with Crippen molar-refractivity contribution in [3.05, 3.63) is 48.2 Å². The van der Waals surface area contributed by atoms with Crippen LogP contribution in [0.5, 0.6) is 5.75 Å². The standard InChI is InChI=1S/C27H28Cl2N6O4/c1-14-19(27(14,28)29)11-32-26(38)22-9-16-8-21(16)35(22)24(37)12-34-20-5-4-17(10-18(20)25(33-34)15(2)36)39-13-23-30-6-3-7-31-23/h3-7,10,14,16,19,21-22H,8-9,11-13H2,1-2H3,(H,32,38)/t14-,16+,19-,21+,22-/m0/s1. The van der Waals surface area contributed by atoms with E-state index in [-0.39, 0.29) is 54.3 Å². The molecule has 3 aromatic rings. The minimum Gasteiger partial charge on any atom is -0.486 e. The van der Waals surface area contributed by atoms with E-state index in [2.05, 4.69) is 20.4 Å². The van der Waals surface area contributed by atoms with Crippen LogP contribution in [0, 0.1) is 17.8 Å². The maximum Gasteiger partial charge on any atom is 0.245 e. The highest BCUT2D eigenvalue weighted by atomic mass is 35.5. The van der Waals surface area contributed by atoms with Gasteiger partial charge in [-0.25, -0.2) is 9.97 Å². The van der Waals surface area contributed by atoms with Crippen molar-refractivity contribution in [3.63, 3.8) is 0 Å². The fourth-order valence-electron chi connectivity index (χ4n) is 5.64. The summed E-state index contributed by atoms with van der Waals surface area (Å²) in [7, 11) is 0. The highest BCUT2D eigenvalue weighted by molar-refractivity contribution is 6.51. The molecule has 2 amide bonds. The molecule has 0 spiro atoms. The summed E-state index contributed by atoms with van der Waals surface area (Å²) in [5, 5.41) is 8.01. The number of rotatable bonds is 9. The molecular formula is C27H28Cl2N6O4. The molecule has 2 saturated carbocycles. The number of amides is 2. The number of nitrogens with one attached hydrogen (secondary N) is 1. The number of hydrogen-bond donors (Lipinski definition) is 1. The van der Waals surface area contributed by atoms with Crippen molar-refractivity contribution in [2.24, 2.45) is 17.8 Å². The van der Waals surface area contributed by atoms with Crippen LogP contribution in [0.4, 0.5) is 0 Å². The van der Waals surface area contributed by atoms with Gasteiger partial charge >= 0.3 is 0 Å². The van der Waals surface area contributed by atoms with E-state index in [1.165, 1.54) is 11.6 Å². The van der Waals surface area contributed by atoms with Crippen LogP contribution in [0.25, 0.3) is 10.9 Å². The third-order valence-electron chi connectivity index (χ3n) is 8.11. The van der Waals surface area contributed by atoms with E-state index in [0.717, 1.165) is 6.42 Å². The molecule has 1 aliphatic heterocycles. The van der Waals surface area contributed by atoms with Crippen LogP contribution in [0.1, 0.15) is 43.0 Å². The zero-order valence-corrected chi connectivity index (χ0v) is 23.0. The van der Waals surface area contributed by atoms with Gasteiger partial charge in [0, 0.05) is 43.2 Å². The number of alkyl halides is 2. The Labute approximate surface area is 235 Å². The highest BCUT2D eigenvalue weighted by Gasteiger charge is 2.60. The monoisotopic (exact) mass is 570 g/mol. The van der Waals surface area contributed by atoms with E-state index < -0.39 is 10.4 Å². The summed E-state index contributed by atoms with van der Waals surface area (Å²) in [6, 6.07) is 6.52. The maximum absolute atomic E-state index is 13.5. The van der Waals surface area contributed by atoms with Gasteiger partial charge < -0.3 is 15.0 Å². The molecule has 0 radical (unpaired) electrons. The molecule has 204 valence electrons. The highest BCUT2D eigenvalue weighted by Crippen LogP contribution is 2.58. The van der Waals surface area contributed by atoms with Gasteiger partial charge in [0.15, 0.2) is 11.6 Å². The first-order chi connectivity index (χ1) is 18.6. The third kappa shape index (κ3) is 4.84. The van der Waals surface area contributed by atoms with Gasteiger partial charge in [0.05, 0.1) is 5.52 Å². The first kappa shape index (κ1) is 26.0. The quantitative estimate of drug-likeness (QED) is 0.310. The van der Waals surface area contributed by atoms with Crippen LogP contribution < -0.4 is 10.1 Å². The van der Waals surface area contributed by atoms with Crippen molar-refractivity contribution in [2.75, 3.05) is 6.54 Å². The zero-order valence-electron chi connectivity index (χ0n) is 21.5. The second-order valence-electron chi connectivity index (χ2n) is 10.6.